The van der Waals surface area contributed by atoms with Crippen molar-refractivity contribution in [1.82, 2.24) is 5.32 Å². The third kappa shape index (κ3) is 3.76. The van der Waals surface area contributed by atoms with Gasteiger partial charge in [0.25, 0.3) is 0 Å². The molecule has 0 amide bonds. The van der Waals surface area contributed by atoms with Crippen LogP contribution in [0.2, 0.25) is 0 Å². The molecule has 0 radical (unpaired) electrons. The summed E-state index contributed by atoms with van der Waals surface area (Å²) in [6, 6.07) is 7.45. The maximum Gasteiger partial charge on any atom is 0.307 e. The molecular weight excluding hydrogens is 202 g/mol. The van der Waals surface area contributed by atoms with Crippen molar-refractivity contribution in [2.45, 2.75) is 25.9 Å². The summed E-state index contributed by atoms with van der Waals surface area (Å²) in [5.74, 6) is 1.75. The molecule has 0 heterocycles. The van der Waals surface area contributed by atoms with Gasteiger partial charge in [-0.15, -0.1) is 6.42 Å². The van der Waals surface area contributed by atoms with Crippen molar-refractivity contribution in [3.63, 3.8) is 0 Å². The Hall–Kier alpha value is -1.79. The van der Waals surface area contributed by atoms with Gasteiger partial charge in [-0.3, -0.25) is 10.1 Å². The van der Waals surface area contributed by atoms with E-state index in [4.69, 9.17) is 11.5 Å². The second-order valence-corrected chi connectivity index (χ2v) is 3.61. The van der Waals surface area contributed by atoms with Crippen molar-refractivity contribution in [2.24, 2.45) is 0 Å². The quantitative estimate of drug-likeness (QED) is 0.733. The minimum Gasteiger partial charge on any atom is -0.481 e. The average molecular weight is 217 g/mol. The summed E-state index contributed by atoms with van der Waals surface area (Å²) in [4.78, 5) is 10.7. The minimum atomic E-state index is -0.822. The number of hydrogen-bond acceptors (Lipinski definition) is 2. The van der Waals surface area contributed by atoms with Gasteiger partial charge in [-0.05, 0) is 18.1 Å². The van der Waals surface area contributed by atoms with Crippen LogP contribution in [0.1, 0.15) is 18.1 Å². The third-order valence-electron chi connectivity index (χ3n) is 2.31. The van der Waals surface area contributed by atoms with E-state index in [1.54, 1.807) is 0 Å². The van der Waals surface area contributed by atoms with Crippen molar-refractivity contribution in [1.29, 1.82) is 0 Å². The van der Waals surface area contributed by atoms with E-state index >= 15 is 0 Å². The molecule has 0 bridgehead atoms. The first-order valence-corrected chi connectivity index (χ1v) is 5.11. The van der Waals surface area contributed by atoms with Crippen LogP contribution in [0.25, 0.3) is 0 Å². The molecule has 0 aromatic heterocycles. The van der Waals surface area contributed by atoms with Gasteiger partial charge in [-0.25, -0.2) is 0 Å². The lowest BCUT2D eigenvalue weighted by molar-refractivity contribution is -0.136. The molecule has 0 aliphatic carbocycles. The number of rotatable bonds is 5. The number of nitrogens with one attached hydrogen (secondary N) is 1. The van der Waals surface area contributed by atoms with E-state index < -0.39 is 5.97 Å². The summed E-state index contributed by atoms with van der Waals surface area (Å²) in [6.07, 6.45) is 5.29. The second kappa shape index (κ2) is 5.94. The van der Waals surface area contributed by atoms with Crippen LogP contribution in [-0.2, 0) is 17.8 Å². The second-order valence-electron chi connectivity index (χ2n) is 3.61. The zero-order valence-electron chi connectivity index (χ0n) is 9.23. The molecule has 16 heavy (non-hydrogen) atoms. The predicted octanol–water partition coefficient (Wildman–Crippen LogP) is 1.43. The van der Waals surface area contributed by atoms with Gasteiger partial charge in [-0.2, -0.15) is 0 Å². The number of terminal acetylenes is 1. The Bertz CT molecular complexity index is 407. The maximum absolute atomic E-state index is 10.7. The van der Waals surface area contributed by atoms with Crippen LogP contribution in [-0.4, -0.2) is 17.1 Å². The Morgan fingerprint density at radius 1 is 1.50 bits per heavy atom. The maximum atomic E-state index is 10.7. The molecule has 84 valence electrons. The molecule has 1 rings (SSSR count). The van der Waals surface area contributed by atoms with Crippen molar-refractivity contribution < 1.29 is 9.90 Å². The SMILES string of the molecule is C#CC(C)NCc1ccccc1CC(=O)O. The monoisotopic (exact) mass is 217 g/mol. The van der Waals surface area contributed by atoms with Gasteiger partial charge in [0.05, 0.1) is 12.5 Å². The minimum absolute atomic E-state index is 0.0158. The van der Waals surface area contributed by atoms with Crippen LogP contribution < -0.4 is 5.32 Å². The van der Waals surface area contributed by atoms with E-state index in [1.807, 2.05) is 31.2 Å². The van der Waals surface area contributed by atoms with Crippen molar-refractivity contribution in [2.75, 3.05) is 0 Å². The Morgan fingerprint density at radius 3 is 2.69 bits per heavy atom. The standard InChI is InChI=1S/C13H15NO2/c1-3-10(2)14-9-12-7-5-4-6-11(12)8-13(15)16/h1,4-7,10,14H,8-9H2,2H3,(H,15,16). The molecule has 0 saturated carbocycles. The van der Waals surface area contributed by atoms with Gasteiger partial charge in [0, 0.05) is 6.54 Å². The molecule has 0 aliphatic heterocycles. The van der Waals surface area contributed by atoms with Crippen LogP contribution in [0.5, 0.6) is 0 Å². The van der Waals surface area contributed by atoms with E-state index in [0.29, 0.717) is 6.54 Å². The highest BCUT2D eigenvalue weighted by molar-refractivity contribution is 5.70. The number of carboxylic acid groups (broad SMARTS) is 1. The molecular formula is C13H15NO2. The first kappa shape index (κ1) is 12.3. The lowest BCUT2D eigenvalue weighted by Crippen LogP contribution is -2.24. The van der Waals surface area contributed by atoms with E-state index in [2.05, 4.69) is 11.2 Å². The van der Waals surface area contributed by atoms with Gasteiger partial charge >= 0.3 is 5.97 Å². The normalized spacial score (nSPS) is 11.8. The largest absolute Gasteiger partial charge is 0.481 e. The van der Waals surface area contributed by atoms with Crippen LogP contribution in [0.15, 0.2) is 24.3 Å². The van der Waals surface area contributed by atoms with Gasteiger partial charge in [0.15, 0.2) is 0 Å². The van der Waals surface area contributed by atoms with Crippen molar-refractivity contribution in [3.05, 3.63) is 35.4 Å². The molecule has 1 aromatic rings. The van der Waals surface area contributed by atoms with Crippen molar-refractivity contribution in [3.8, 4) is 12.3 Å². The lowest BCUT2D eigenvalue weighted by atomic mass is 10.0. The summed E-state index contributed by atoms with van der Waals surface area (Å²) in [6.45, 7) is 2.48. The summed E-state index contributed by atoms with van der Waals surface area (Å²) in [5.41, 5.74) is 1.80. The molecule has 1 unspecified atom stereocenters. The van der Waals surface area contributed by atoms with Crippen LogP contribution in [0.3, 0.4) is 0 Å². The van der Waals surface area contributed by atoms with Gasteiger partial charge in [0.2, 0.25) is 0 Å². The Labute approximate surface area is 95.5 Å². The van der Waals surface area contributed by atoms with Crippen LogP contribution in [0.4, 0.5) is 0 Å². The number of hydrogen-bond donors (Lipinski definition) is 2. The average Bonchev–Trinajstić information content (AvgIpc) is 2.26. The van der Waals surface area contributed by atoms with E-state index in [0.717, 1.165) is 11.1 Å². The molecule has 0 fully saturated rings. The van der Waals surface area contributed by atoms with Gasteiger partial charge in [-0.1, -0.05) is 30.2 Å². The Kier molecular flexibility index (Phi) is 4.56. The van der Waals surface area contributed by atoms with Gasteiger partial charge in [0.1, 0.15) is 0 Å². The molecule has 1 atom stereocenters. The van der Waals surface area contributed by atoms with Gasteiger partial charge < -0.3 is 5.11 Å². The zero-order chi connectivity index (χ0) is 12.0. The lowest BCUT2D eigenvalue weighted by Gasteiger charge is -2.10. The highest BCUT2D eigenvalue weighted by Crippen LogP contribution is 2.09. The summed E-state index contributed by atoms with van der Waals surface area (Å²) in [5, 5.41) is 11.9. The summed E-state index contributed by atoms with van der Waals surface area (Å²) >= 11 is 0. The van der Waals surface area contributed by atoms with Crippen molar-refractivity contribution >= 4 is 5.97 Å². The first-order valence-electron chi connectivity index (χ1n) is 5.11. The third-order valence-corrected chi connectivity index (χ3v) is 2.31. The molecule has 3 heteroatoms. The fraction of sp³-hybridized carbons (Fsp3) is 0.308. The molecule has 0 spiro atoms. The van der Waals surface area contributed by atoms with Crippen LogP contribution >= 0.6 is 0 Å². The molecule has 2 N–H and O–H groups in total. The number of benzene rings is 1. The number of carboxylic acids is 1. The van der Waals surface area contributed by atoms with E-state index in [1.165, 1.54) is 0 Å². The molecule has 3 nitrogen and oxygen atoms in total. The molecule has 0 aliphatic rings. The summed E-state index contributed by atoms with van der Waals surface area (Å²) < 4.78 is 0. The summed E-state index contributed by atoms with van der Waals surface area (Å²) in [7, 11) is 0. The van der Waals surface area contributed by atoms with E-state index in [9.17, 15) is 4.79 Å². The fourth-order valence-electron chi connectivity index (χ4n) is 1.39. The molecule has 1 aromatic carbocycles. The Morgan fingerprint density at radius 2 is 2.12 bits per heavy atom. The number of carbonyl (C=O) groups is 1. The highest BCUT2D eigenvalue weighted by atomic mass is 16.4. The number of aliphatic carboxylic acids is 1. The predicted molar refractivity (Wildman–Crippen MR) is 62.9 cm³/mol. The van der Waals surface area contributed by atoms with Crippen LogP contribution in [0, 0.1) is 12.3 Å². The molecule has 0 saturated heterocycles. The smallest absolute Gasteiger partial charge is 0.307 e. The fourth-order valence-corrected chi connectivity index (χ4v) is 1.39. The Balaban J connectivity index is 2.71. The first-order chi connectivity index (χ1) is 7.63. The van der Waals surface area contributed by atoms with E-state index in [-0.39, 0.29) is 12.5 Å². The highest BCUT2D eigenvalue weighted by Gasteiger charge is 2.06. The zero-order valence-corrected chi connectivity index (χ0v) is 9.23. The topological polar surface area (TPSA) is 49.3 Å².